The summed E-state index contributed by atoms with van der Waals surface area (Å²) in [5.41, 5.74) is 1.33. The van der Waals surface area contributed by atoms with Crippen molar-refractivity contribution in [2.75, 3.05) is 6.61 Å². The normalized spacial score (nSPS) is 21.7. The Labute approximate surface area is 78.4 Å². The van der Waals surface area contributed by atoms with Crippen molar-refractivity contribution in [1.29, 1.82) is 0 Å². The molecular formula is C10H16O3. The fourth-order valence-electron chi connectivity index (χ4n) is 1.38. The second kappa shape index (κ2) is 3.92. The molecule has 3 heteroatoms. The van der Waals surface area contributed by atoms with Gasteiger partial charge in [-0.3, -0.25) is 0 Å². The first-order valence-corrected chi connectivity index (χ1v) is 4.62. The maximum absolute atomic E-state index is 11.2. The van der Waals surface area contributed by atoms with Crippen molar-refractivity contribution in [3.05, 3.63) is 11.1 Å². The van der Waals surface area contributed by atoms with Crippen LogP contribution in [0.4, 0.5) is 0 Å². The highest BCUT2D eigenvalue weighted by Crippen LogP contribution is 2.24. The number of carbonyl (C=O) groups is 1. The summed E-state index contributed by atoms with van der Waals surface area (Å²) in [6.45, 7) is 6.08. The summed E-state index contributed by atoms with van der Waals surface area (Å²) >= 11 is 0. The molecule has 1 heterocycles. The van der Waals surface area contributed by atoms with E-state index in [-0.39, 0.29) is 11.9 Å². The highest BCUT2D eigenvalue weighted by molar-refractivity contribution is 5.92. The van der Waals surface area contributed by atoms with Crippen LogP contribution in [0, 0.1) is 5.92 Å². The zero-order valence-corrected chi connectivity index (χ0v) is 8.33. The zero-order chi connectivity index (χ0) is 10.0. The number of rotatable bonds is 3. The molecule has 0 saturated carbocycles. The Balaban J connectivity index is 2.81. The van der Waals surface area contributed by atoms with Crippen molar-refractivity contribution in [2.45, 2.75) is 33.3 Å². The largest absolute Gasteiger partial charge is 0.458 e. The fourth-order valence-corrected chi connectivity index (χ4v) is 1.38. The molecule has 0 saturated heterocycles. The molecule has 0 spiro atoms. The number of hydrogen-bond acceptors (Lipinski definition) is 3. The number of aliphatic hydroxyl groups excluding tert-OH is 1. The van der Waals surface area contributed by atoms with E-state index in [0.29, 0.717) is 12.2 Å². The fraction of sp³-hybridized carbons (Fsp3) is 0.700. The first-order chi connectivity index (χ1) is 6.07. The van der Waals surface area contributed by atoms with E-state index in [1.165, 1.54) is 0 Å². The molecule has 1 rings (SSSR count). The van der Waals surface area contributed by atoms with Gasteiger partial charge in [-0.25, -0.2) is 4.79 Å². The second-order valence-corrected chi connectivity index (χ2v) is 3.60. The molecule has 0 fully saturated rings. The Morgan fingerprint density at radius 2 is 2.23 bits per heavy atom. The number of carbonyl (C=O) groups excluding carboxylic acids is 1. The minimum Gasteiger partial charge on any atom is -0.458 e. The van der Waals surface area contributed by atoms with E-state index in [1.54, 1.807) is 0 Å². The first-order valence-electron chi connectivity index (χ1n) is 4.62. The molecule has 0 radical (unpaired) electrons. The molecule has 0 bridgehead atoms. The molecule has 0 aromatic carbocycles. The van der Waals surface area contributed by atoms with E-state index in [2.05, 4.69) is 0 Å². The lowest BCUT2D eigenvalue weighted by molar-refractivity contribution is -0.137. The molecule has 1 aliphatic heterocycles. The topological polar surface area (TPSA) is 46.5 Å². The molecule has 1 aliphatic rings. The Bertz CT molecular complexity index is 243. The second-order valence-electron chi connectivity index (χ2n) is 3.60. The van der Waals surface area contributed by atoms with Crippen molar-refractivity contribution in [3.63, 3.8) is 0 Å². The van der Waals surface area contributed by atoms with Gasteiger partial charge in [0.2, 0.25) is 0 Å². The van der Waals surface area contributed by atoms with E-state index in [1.807, 2.05) is 20.8 Å². The summed E-state index contributed by atoms with van der Waals surface area (Å²) in [7, 11) is 0. The summed E-state index contributed by atoms with van der Waals surface area (Å²) in [6, 6.07) is 0. The van der Waals surface area contributed by atoms with E-state index in [0.717, 1.165) is 12.0 Å². The van der Waals surface area contributed by atoms with E-state index in [9.17, 15) is 9.90 Å². The van der Waals surface area contributed by atoms with Crippen molar-refractivity contribution in [3.8, 4) is 0 Å². The van der Waals surface area contributed by atoms with E-state index in [4.69, 9.17) is 4.74 Å². The van der Waals surface area contributed by atoms with Gasteiger partial charge in [0.25, 0.3) is 0 Å². The Kier molecular flexibility index (Phi) is 3.09. The van der Waals surface area contributed by atoms with Gasteiger partial charge in [0.15, 0.2) is 0 Å². The monoisotopic (exact) mass is 184 g/mol. The summed E-state index contributed by atoms with van der Waals surface area (Å²) in [4.78, 5) is 11.2. The van der Waals surface area contributed by atoms with Crippen LogP contribution >= 0.6 is 0 Å². The highest BCUT2D eigenvalue weighted by Gasteiger charge is 2.30. The number of hydrogen-bond donors (Lipinski definition) is 1. The highest BCUT2D eigenvalue weighted by atomic mass is 16.5. The van der Waals surface area contributed by atoms with Crippen LogP contribution in [0.3, 0.4) is 0 Å². The summed E-state index contributed by atoms with van der Waals surface area (Å²) in [6.07, 6.45) is 0.186. The molecule has 3 nitrogen and oxygen atoms in total. The van der Waals surface area contributed by atoms with Crippen molar-refractivity contribution in [2.24, 2.45) is 5.92 Å². The van der Waals surface area contributed by atoms with Gasteiger partial charge in [0.1, 0.15) is 6.61 Å². The van der Waals surface area contributed by atoms with Crippen LogP contribution in [0.1, 0.15) is 27.2 Å². The molecule has 2 atom stereocenters. The molecule has 0 unspecified atom stereocenters. The van der Waals surface area contributed by atoms with Crippen molar-refractivity contribution >= 4 is 5.97 Å². The van der Waals surface area contributed by atoms with Crippen LogP contribution in [-0.2, 0) is 9.53 Å². The van der Waals surface area contributed by atoms with Crippen LogP contribution in [-0.4, -0.2) is 23.8 Å². The number of ether oxygens (including phenoxy) is 1. The van der Waals surface area contributed by atoms with Crippen LogP contribution in [0.2, 0.25) is 0 Å². The van der Waals surface area contributed by atoms with Crippen molar-refractivity contribution in [1.82, 2.24) is 0 Å². The molecule has 13 heavy (non-hydrogen) atoms. The molecule has 0 aliphatic carbocycles. The Morgan fingerprint density at radius 1 is 1.62 bits per heavy atom. The third-order valence-corrected chi connectivity index (χ3v) is 2.58. The van der Waals surface area contributed by atoms with Crippen LogP contribution in [0.15, 0.2) is 11.1 Å². The Morgan fingerprint density at radius 3 is 2.62 bits per heavy atom. The predicted molar refractivity (Wildman–Crippen MR) is 49.1 cm³/mol. The number of esters is 1. The third-order valence-electron chi connectivity index (χ3n) is 2.58. The molecule has 1 N–H and O–H groups in total. The lowest BCUT2D eigenvalue weighted by Gasteiger charge is -2.16. The van der Waals surface area contributed by atoms with Crippen LogP contribution < -0.4 is 0 Å². The standard InChI is InChI=1S/C10H16O3/c1-4-6(2)9(11)8-7(3)5-13-10(8)12/h6,9,11H,4-5H2,1-3H3/t6-,9-/m0/s1. The van der Waals surface area contributed by atoms with Gasteiger partial charge in [-0.2, -0.15) is 0 Å². The summed E-state index contributed by atoms with van der Waals surface area (Å²) in [5, 5.41) is 9.80. The molecule has 74 valence electrons. The first kappa shape index (κ1) is 10.3. The van der Waals surface area contributed by atoms with Gasteiger partial charge in [-0.1, -0.05) is 20.3 Å². The van der Waals surface area contributed by atoms with Gasteiger partial charge in [-0.05, 0) is 18.4 Å². The molecular weight excluding hydrogens is 168 g/mol. The summed E-state index contributed by atoms with van der Waals surface area (Å²) < 4.78 is 4.82. The SMILES string of the molecule is CC[C@H](C)[C@H](O)C1=C(C)COC1=O. The lowest BCUT2D eigenvalue weighted by Crippen LogP contribution is -2.23. The van der Waals surface area contributed by atoms with Gasteiger partial charge >= 0.3 is 5.97 Å². The minimum atomic E-state index is -0.667. The third kappa shape index (κ3) is 1.91. The lowest BCUT2D eigenvalue weighted by atomic mass is 9.93. The van der Waals surface area contributed by atoms with Crippen LogP contribution in [0.25, 0.3) is 0 Å². The maximum atomic E-state index is 11.2. The van der Waals surface area contributed by atoms with Gasteiger partial charge < -0.3 is 9.84 Å². The molecule has 0 aromatic heterocycles. The minimum absolute atomic E-state index is 0.107. The van der Waals surface area contributed by atoms with Gasteiger partial charge in [-0.15, -0.1) is 0 Å². The predicted octanol–water partition coefficient (Wildman–Crippen LogP) is 1.27. The van der Waals surface area contributed by atoms with E-state index < -0.39 is 6.10 Å². The van der Waals surface area contributed by atoms with Gasteiger partial charge in [0.05, 0.1) is 11.7 Å². The Hall–Kier alpha value is -0.830. The quantitative estimate of drug-likeness (QED) is 0.672. The number of cyclic esters (lactones) is 1. The smallest absolute Gasteiger partial charge is 0.337 e. The number of aliphatic hydroxyl groups is 1. The summed E-state index contributed by atoms with van der Waals surface area (Å²) in [5.74, 6) is -0.249. The van der Waals surface area contributed by atoms with E-state index >= 15 is 0 Å². The maximum Gasteiger partial charge on any atom is 0.337 e. The van der Waals surface area contributed by atoms with Crippen molar-refractivity contribution < 1.29 is 14.6 Å². The van der Waals surface area contributed by atoms with Gasteiger partial charge in [0, 0.05) is 0 Å². The average molecular weight is 184 g/mol. The van der Waals surface area contributed by atoms with Crippen LogP contribution in [0.5, 0.6) is 0 Å². The molecule has 0 aromatic rings. The average Bonchev–Trinajstić information content (AvgIpc) is 2.44. The zero-order valence-electron chi connectivity index (χ0n) is 8.33. The molecule has 0 amide bonds.